The number of carbonyl (C=O) groups is 3. The van der Waals surface area contributed by atoms with Crippen molar-refractivity contribution in [1.82, 2.24) is 25.9 Å². The topological polar surface area (TPSA) is 128 Å². The van der Waals surface area contributed by atoms with Crippen molar-refractivity contribution in [2.45, 2.75) is 65.1 Å². The summed E-state index contributed by atoms with van der Waals surface area (Å²) < 4.78 is 0. The molecule has 202 valence electrons. The van der Waals surface area contributed by atoms with Crippen LogP contribution in [0.1, 0.15) is 68.3 Å². The summed E-state index contributed by atoms with van der Waals surface area (Å²) in [4.78, 5) is 46.2. The van der Waals surface area contributed by atoms with Gasteiger partial charge in [-0.25, -0.2) is 0 Å². The highest BCUT2D eigenvalue weighted by Crippen LogP contribution is 2.26. The summed E-state index contributed by atoms with van der Waals surface area (Å²) >= 11 is 12.2. The number of carbonyl (C=O) groups excluding carboxylic acids is 3. The van der Waals surface area contributed by atoms with Crippen LogP contribution in [0.25, 0.3) is 0 Å². The summed E-state index contributed by atoms with van der Waals surface area (Å²) in [6.45, 7) is 10.7. The van der Waals surface area contributed by atoms with E-state index >= 15 is 0 Å². The number of hydrogen-bond donors (Lipinski definition) is 4. The van der Waals surface area contributed by atoms with Crippen molar-refractivity contribution in [2.24, 2.45) is 5.92 Å². The first-order chi connectivity index (χ1) is 17.4. The second-order valence-electron chi connectivity index (χ2n) is 10.3. The lowest BCUT2D eigenvalue weighted by atomic mass is 10.00. The Labute approximate surface area is 226 Å². The van der Waals surface area contributed by atoms with Crippen LogP contribution in [-0.4, -0.2) is 63.6 Å². The number of nitrogens with one attached hydrogen (secondary N) is 4. The van der Waals surface area contributed by atoms with Crippen LogP contribution in [0.3, 0.4) is 0 Å². The van der Waals surface area contributed by atoms with Gasteiger partial charge in [-0.1, -0.05) is 43.1 Å². The Kier molecular flexibility index (Phi) is 9.57. The SMILES string of the molecule is CC(C)[C@H](NOC(C)(C)C)C(=O)N1CCC(NC(=O)c2[nH]ncc2NC(=O)c2c(Cl)cccc2Cl)CC1. The Balaban J connectivity index is 1.57. The molecule has 0 saturated carbocycles. The molecule has 3 amide bonds. The van der Waals surface area contributed by atoms with Crippen LogP contribution in [0.15, 0.2) is 24.4 Å². The number of amides is 3. The molecular formula is C25H34Cl2N6O4. The summed E-state index contributed by atoms with van der Waals surface area (Å²) in [5.74, 6) is -0.951. The van der Waals surface area contributed by atoms with E-state index in [1.54, 1.807) is 23.1 Å². The number of piperidine rings is 1. The molecule has 1 aromatic heterocycles. The van der Waals surface area contributed by atoms with E-state index in [0.717, 1.165) is 0 Å². The maximum atomic E-state index is 13.1. The molecule has 0 aliphatic carbocycles. The third kappa shape index (κ3) is 7.67. The normalized spacial score (nSPS) is 15.5. The van der Waals surface area contributed by atoms with Crippen LogP contribution < -0.4 is 16.1 Å². The number of halogens is 2. The number of nitrogens with zero attached hydrogens (tertiary/aromatic N) is 2. The molecule has 0 spiro atoms. The number of benzene rings is 1. The van der Waals surface area contributed by atoms with Gasteiger partial charge in [-0.15, -0.1) is 0 Å². The standard InChI is InChI=1S/C25H34Cl2N6O4/c1-14(2)20(32-37-25(3,4)5)24(36)33-11-9-15(10-12-33)29-23(35)21-18(13-28-31-21)30-22(34)19-16(26)7-6-8-17(19)27/h6-8,13-15,20,32H,9-12H2,1-5H3,(H,28,31)(H,29,35)(H,30,34)/t20-/m0/s1. The molecule has 37 heavy (non-hydrogen) atoms. The van der Waals surface area contributed by atoms with Gasteiger partial charge in [0, 0.05) is 19.1 Å². The Morgan fingerprint density at radius 1 is 1.11 bits per heavy atom. The van der Waals surface area contributed by atoms with Crippen LogP contribution in [0.4, 0.5) is 5.69 Å². The quantitative estimate of drug-likeness (QED) is 0.366. The smallest absolute Gasteiger partial charge is 0.271 e. The largest absolute Gasteiger partial charge is 0.348 e. The molecule has 2 aromatic rings. The zero-order valence-corrected chi connectivity index (χ0v) is 23.2. The van der Waals surface area contributed by atoms with E-state index in [-0.39, 0.29) is 44.9 Å². The molecule has 0 unspecified atom stereocenters. The summed E-state index contributed by atoms with van der Waals surface area (Å²) in [5, 5.41) is 12.5. The summed E-state index contributed by atoms with van der Waals surface area (Å²) in [7, 11) is 0. The third-order valence-corrected chi connectivity index (χ3v) is 6.50. The Bertz CT molecular complexity index is 1100. The van der Waals surface area contributed by atoms with Crippen LogP contribution in [-0.2, 0) is 9.63 Å². The second kappa shape index (κ2) is 12.3. The minimum absolute atomic E-state index is 0.0270. The van der Waals surface area contributed by atoms with Crippen molar-refractivity contribution in [3.05, 3.63) is 45.7 Å². The summed E-state index contributed by atoms with van der Waals surface area (Å²) in [6.07, 6.45) is 2.53. The minimum Gasteiger partial charge on any atom is -0.348 e. The van der Waals surface area contributed by atoms with Gasteiger partial charge in [0.25, 0.3) is 11.8 Å². The molecule has 3 rings (SSSR count). The number of aromatic nitrogens is 2. The van der Waals surface area contributed by atoms with Crippen molar-refractivity contribution < 1.29 is 19.2 Å². The molecule has 1 saturated heterocycles. The van der Waals surface area contributed by atoms with Crippen molar-refractivity contribution in [2.75, 3.05) is 18.4 Å². The Morgan fingerprint density at radius 3 is 2.30 bits per heavy atom. The van der Waals surface area contributed by atoms with Gasteiger partial charge < -0.3 is 15.5 Å². The Hall–Kier alpha value is -2.66. The first-order valence-electron chi connectivity index (χ1n) is 12.2. The van der Waals surface area contributed by atoms with Crippen LogP contribution >= 0.6 is 23.2 Å². The van der Waals surface area contributed by atoms with E-state index in [1.165, 1.54) is 6.20 Å². The minimum atomic E-state index is -0.554. The highest BCUT2D eigenvalue weighted by atomic mass is 35.5. The van der Waals surface area contributed by atoms with E-state index in [9.17, 15) is 14.4 Å². The van der Waals surface area contributed by atoms with Gasteiger partial charge in [0.1, 0.15) is 11.7 Å². The van der Waals surface area contributed by atoms with E-state index in [4.69, 9.17) is 28.0 Å². The molecule has 0 radical (unpaired) electrons. The maximum Gasteiger partial charge on any atom is 0.271 e. The van der Waals surface area contributed by atoms with Crippen molar-refractivity contribution in [3.8, 4) is 0 Å². The van der Waals surface area contributed by atoms with Gasteiger partial charge in [-0.2, -0.15) is 10.6 Å². The van der Waals surface area contributed by atoms with Gasteiger partial charge >= 0.3 is 0 Å². The predicted molar refractivity (Wildman–Crippen MR) is 143 cm³/mol. The van der Waals surface area contributed by atoms with Gasteiger partial charge in [0.05, 0.1) is 33.1 Å². The predicted octanol–water partition coefficient (Wildman–Crippen LogP) is 4.03. The lowest BCUT2D eigenvalue weighted by molar-refractivity contribution is -0.148. The highest BCUT2D eigenvalue weighted by molar-refractivity contribution is 6.40. The van der Waals surface area contributed by atoms with Crippen LogP contribution in [0.2, 0.25) is 10.0 Å². The molecule has 1 atom stereocenters. The monoisotopic (exact) mass is 552 g/mol. The molecule has 12 heteroatoms. The molecule has 1 aliphatic rings. The van der Waals surface area contributed by atoms with Crippen LogP contribution in [0.5, 0.6) is 0 Å². The summed E-state index contributed by atoms with van der Waals surface area (Å²) in [5.41, 5.74) is 2.94. The first-order valence-corrected chi connectivity index (χ1v) is 12.9. The molecule has 1 fully saturated rings. The maximum absolute atomic E-state index is 13.1. The van der Waals surface area contributed by atoms with E-state index in [0.29, 0.717) is 25.9 Å². The number of likely N-dealkylation sites (tertiary alicyclic amines) is 1. The number of aromatic amines is 1. The van der Waals surface area contributed by atoms with Crippen LogP contribution in [0, 0.1) is 5.92 Å². The average Bonchev–Trinajstić information content (AvgIpc) is 3.26. The second-order valence-corrected chi connectivity index (χ2v) is 11.2. The molecule has 4 N–H and O–H groups in total. The lowest BCUT2D eigenvalue weighted by Crippen LogP contribution is -2.54. The molecule has 0 bridgehead atoms. The van der Waals surface area contributed by atoms with Gasteiger partial charge in [-0.05, 0) is 51.7 Å². The molecule has 1 aromatic carbocycles. The van der Waals surface area contributed by atoms with Gasteiger partial charge in [0.2, 0.25) is 5.91 Å². The van der Waals surface area contributed by atoms with Gasteiger partial charge in [-0.3, -0.25) is 24.3 Å². The number of H-pyrrole nitrogens is 1. The first kappa shape index (κ1) is 28.9. The average molecular weight is 553 g/mol. The van der Waals surface area contributed by atoms with Crippen molar-refractivity contribution >= 4 is 46.6 Å². The fourth-order valence-corrected chi connectivity index (χ4v) is 4.43. The number of hydroxylamine groups is 1. The lowest BCUT2D eigenvalue weighted by Gasteiger charge is -2.36. The van der Waals surface area contributed by atoms with Crippen molar-refractivity contribution in [3.63, 3.8) is 0 Å². The fourth-order valence-electron chi connectivity index (χ4n) is 3.86. The molecule has 1 aliphatic heterocycles. The molecule has 2 heterocycles. The molecule has 10 nitrogen and oxygen atoms in total. The number of anilines is 1. The van der Waals surface area contributed by atoms with E-state index in [1.807, 2.05) is 34.6 Å². The van der Waals surface area contributed by atoms with E-state index < -0.39 is 23.5 Å². The third-order valence-electron chi connectivity index (χ3n) is 5.87. The fraction of sp³-hybridized carbons (Fsp3) is 0.520. The zero-order chi connectivity index (χ0) is 27.3. The van der Waals surface area contributed by atoms with Crippen molar-refractivity contribution in [1.29, 1.82) is 0 Å². The number of hydrogen-bond acceptors (Lipinski definition) is 6. The van der Waals surface area contributed by atoms with E-state index in [2.05, 4.69) is 26.3 Å². The Morgan fingerprint density at radius 2 is 1.73 bits per heavy atom. The highest BCUT2D eigenvalue weighted by Gasteiger charge is 2.32. The van der Waals surface area contributed by atoms with Gasteiger partial charge in [0.15, 0.2) is 0 Å². The number of rotatable bonds is 8. The molecular weight excluding hydrogens is 519 g/mol. The zero-order valence-electron chi connectivity index (χ0n) is 21.7. The summed E-state index contributed by atoms with van der Waals surface area (Å²) in [6, 6.07) is 4.14.